The second-order valence-corrected chi connectivity index (χ2v) is 3.21. The molecule has 0 unspecified atom stereocenters. The van der Waals surface area contributed by atoms with Crippen molar-refractivity contribution in [3.8, 4) is 6.07 Å². The van der Waals surface area contributed by atoms with Crippen molar-refractivity contribution in [1.29, 1.82) is 5.26 Å². The number of nitriles is 1. The summed E-state index contributed by atoms with van der Waals surface area (Å²) in [6, 6.07) is 2.07. The third-order valence-electron chi connectivity index (χ3n) is 2.28. The van der Waals surface area contributed by atoms with Gasteiger partial charge < -0.3 is 10.1 Å². The second kappa shape index (κ2) is 4.49. The van der Waals surface area contributed by atoms with Gasteiger partial charge in [0.25, 0.3) is 0 Å². The van der Waals surface area contributed by atoms with E-state index in [0.717, 1.165) is 0 Å². The van der Waals surface area contributed by atoms with Gasteiger partial charge in [-0.2, -0.15) is 14.0 Å². The Labute approximate surface area is 75.7 Å². The van der Waals surface area contributed by atoms with Gasteiger partial charge in [0.2, 0.25) is 0 Å². The maximum Gasteiger partial charge on any atom is 0.345 e. The number of nitrogens with one attached hydrogen (secondary N) is 1. The van der Waals surface area contributed by atoms with Gasteiger partial charge in [0.1, 0.15) is 0 Å². The lowest BCUT2D eigenvalue weighted by Crippen LogP contribution is -2.39. The fourth-order valence-electron chi connectivity index (χ4n) is 1.42. The van der Waals surface area contributed by atoms with Crippen molar-refractivity contribution in [1.82, 2.24) is 5.32 Å². The Bertz CT molecular complexity index is 197. The van der Waals surface area contributed by atoms with Crippen LogP contribution in [0.4, 0.5) is 8.78 Å². The first-order valence-electron chi connectivity index (χ1n) is 4.20. The van der Waals surface area contributed by atoms with Crippen LogP contribution in [0.2, 0.25) is 0 Å². The highest BCUT2D eigenvalue weighted by Gasteiger charge is 2.33. The van der Waals surface area contributed by atoms with Crippen LogP contribution in [-0.2, 0) is 4.74 Å². The first-order valence-corrected chi connectivity index (χ1v) is 4.20. The Morgan fingerprint density at radius 2 is 2.08 bits per heavy atom. The van der Waals surface area contributed by atoms with Gasteiger partial charge in [-0.1, -0.05) is 0 Å². The summed E-state index contributed by atoms with van der Waals surface area (Å²) in [7, 11) is 0. The van der Waals surface area contributed by atoms with E-state index in [1.54, 1.807) is 0 Å². The van der Waals surface area contributed by atoms with Crippen LogP contribution in [0.25, 0.3) is 0 Å². The summed E-state index contributed by atoms with van der Waals surface area (Å²) in [5.74, 6) is 0. The minimum atomic E-state index is -2.78. The zero-order chi connectivity index (χ0) is 9.73. The molecule has 1 rings (SSSR count). The molecule has 1 heterocycles. The van der Waals surface area contributed by atoms with Gasteiger partial charge in [-0.25, -0.2) is 0 Å². The molecule has 0 amide bonds. The first-order chi connectivity index (χ1) is 6.18. The maximum absolute atomic E-state index is 11.7. The Morgan fingerprint density at radius 3 is 2.54 bits per heavy atom. The zero-order valence-corrected chi connectivity index (χ0v) is 7.22. The van der Waals surface area contributed by atoms with E-state index in [0.29, 0.717) is 25.9 Å². The SMILES string of the molecule is N#CC1(COC(F)F)CCNCC1. The van der Waals surface area contributed by atoms with E-state index in [1.807, 2.05) is 0 Å². The summed E-state index contributed by atoms with van der Waals surface area (Å²) < 4.78 is 27.7. The minimum absolute atomic E-state index is 0.164. The van der Waals surface area contributed by atoms with Crippen molar-refractivity contribution in [2.45, 2.75) is 19.5 Å². The van der Waals surface area contributed by atoms with E-state index >= 15 is 0 Å². The Hall–Kier alpha value is -0.730. The Morgan fingerprint density at radius 1 is 1.46 bits per heavy atom. The van der Waals surface area contributed by atoms with Crippen molar-refractivity contribution in [3.63, 3.8) is 0 Å². The molecule has 13 heavy (non-hydrogen) atoms. The molecule has 0 spiro atoms. The van der Waals surface area contributed by atoms with E-state index in [-0.39, 0.29) is 6.61 Å². The quantitative estimate of drug-likeness (QED) is 0.725. The molecule has 0 aromatic heterocycles. The lowest BCUT2D eigenvalue weighted by molar-refractivity contribution is -0.147. The third-order valence-corrected chi connectivity index (χ3v) is 2.28. The van der Waals surface area contributed by atoms with Gasteiger partial charge in [0.15, 0.2) is 0 Å². The predicted molar refractivity (Wildman–Crippen MR) is 42.1 cm³/mol. The number of hydrogen-bond donors (Lipinski definition) is 1. The number of alkyl halides is 2. The van der Waals surface area contributed by atoms with Crippen LogP contribution in [0.1, 0.15) is 12.8 Å². The summed E-state index contributed by atoms with van der Waals surface area (Å²) >= 11 is 0. The number of hydrogen-bond acceptors (Lipinski definition) is 3. The molecule has 1 aliphatic rings. The van der Waals surface area contributed by atoms with E-state index in [9.17, 15) is 8.78 Å². The summed E-state index contributed by atoms with van der Waals surface area (Å²) in [5.41, 5.74) is -0.707. The largest absolute Gasteiger partial charge is 0.345 e. The van der Waals surface area contributed by atoms with Gasteiger partial charge >= 0.3 is 6.61 Å². The topological polar surface area (TPSA) is 45.0 Å². The van der Waals surface area contributed by atoms with Gasteiger partial charge in [-0.3, -0.25) is 0 Å². The van der Waals surface area contributed by atoms with Gasteiger partial charge in [0, 0.05) is 0 Å². The van der Waals surface area contributed by atoms with Crippen LogP contribution < -0.4 is 5.32 Å². The fourth-order valence-corrected chi connectivity index (χ4v) is 1.42. The normalized spacial score (nSPS) is 21.4. The van der Waals surface area contributed by atoms with Crippen molar-refractivity contribution < 1.29 is 13.5 Å². The average molecular weight is 190 g/mol. The van der Waals surface area contributed by atoms with E-state index < -0.39 is 12.0 Å². The lowest BCUT2D eigenvalue weighted by atomic mass is 9.81. The monoisotopic (exact) mass is 190 g/mol. The van der Waals surface area contributed by atoms with Gasteiger partial charge in [-0.15, -0.1) is 0 Å². The van der Waals surface area contributed by atoms with Gasteiger partial charge in [0.05, 0.1) is 18.1 Å². The number of ether oxygens (including phenoxy) is 1. The Kier molecular flexibility index (Phi) is 3.58. The van der Waals surface area contributed by atoms with Crippen LogP contribution in [0, 0.1) is 16.7 Å². The summed E-state index contributed by atoms with van der Waals surface area (Å²) in [4.78, 5) is 0. The highest BCUT2D eigenvalue weighted by atomic mass is 19.3. The molecule has 0 aliphatic carbocycles. The van der Waals surface area contributed by atoms with Crippen molar-refractivity contribution in [2.75, 3.05) is 19.7 Å². The van der Waals surface area contributed by atoms with Crippen molar-refractivity contribution in [2.24, 2.45) is 5.41 Å². The summed E-state index contributed by atoms with van der Waals surface area (Å²) in [5, 5.41) is 11.9. The molecule has 0 radical (unpaired) electrons. The van der Waals surface area contributed by atoms with Crippen LogP contribution >= 0.6 is 0 Å². The molecule has 0 aromatic carbocycles. The molecule has 1 N–H and O–H groups in total. The van der Waals surface area contributed by atoms with Crippen molar-refractivity contribution >= 4 is 0 Å². The van der Waals surface area contributed by atoms with Crippen LogP contribution in [0.5, 0.6) is 0 Å². The molecule has 0 aromatic rings. The second-order valence-electron chi connectivity index (χ2n) is 3.21. The highest BCUT2D eigenvalue weighted by molar-refractivity contribution is 5.01. The molecule has 0 saturated carbocycles. The molecule has 74 valence electrons. The average Bonchev–Trinajstić information content (AvgIpc) is 2.16. The molecule has 5 heteroatoms. The Balaban J connectivity index is 2.44. The first kappa shape index (κ1) is 10.4. The highest BCUT2D eigenvalue weighted by Crippen LogP contribution is 2.28. The standard InChI is InChI=1S/C8H12F2N2O/c9-7(10)13-6-8(5-11)1-3-12-4-2-8/h7,12H,1-4,6H2. The molecule has 1 fully saturated rings. The molecule has 1 saturated heterocycles. The lowest BCUT2D eigenvalue weighted by Gasteiger charge is -2.30. The van der Waals surface area contributed by atoms with Crippen LogP contribution in [0.15, 0.2) is 0 Å². The van der Waals surface area contributed by atoms with E-state index in [4.69, 9.17) is 5.26 Å². The number of rotatable bonds is 3. The predicted octanol–water partition coefficient (Wildman–Crippen LogP) is 1.12. The minimum Gasteiger partial charge on any atom is -0.321 e. The summed E-state index contributed by atoms with van der Waals surface area (Å²) in [6.07, 6.45) is 1.16. The van der Waals surface area contributed by atoms with Crippen LogP contribution in [0.3, 0.4) is 0 Å². The van der Waals surface area contributed by atoms with Crippen LogP contribution in [-0.4, -0.2) is 26.3 Å². The molecule has 0 atom stereocenters. The fraction of sp³-hybridized carbons (Fsp3) is 0.875. The molecule has 1 aliphatic heterocycles. The molecule has 3 nitrogen and oxygen atoms in total. The smallest absolute Gasteiger partial charge is 0.321 e. The summed E-state index contributed by atoms with van der Waals surface area (Å²) in [6.45, 7) is -1.55. The maximum atomic E-state index is 11.7. The molecular formula is C8H12F2N2O. The van der Waals surface area contributed by atoms with Crippen molar-refractivity contribution in [3.05, 3.63) is 0 Å². The van der Waals surface area contributed by atoms with E-state index in [1.165, 1.54) is 0 Å². The van der Waals surface area contributed by atoms with Gasteiger partial charge in [-0.05, 0) is 25.9 Å². The number of piperidine rings is 1. The molecule has 0 bridgehead atoms. The zero-order valence-electron chi connectivity index (χ0n) is 7.22. The third kappa shape index (κ3) is 2.90. The molecular weight excluding hydrogens is 178 g/mol. The van der Waals surface area contributed by atoms with E-state index in [2.05, 4.69) is 16.1 Å². The number of halogens is 2. The number of nitrogens with zero attached hydrogens (tertiary/aromatic N) is 1.